The van der Waals surface area contributed by atoms with Crippen LogP contribution in [0.25, 0.3) is 0 Å². The van der Waals surface area contributed by atoms with Gasteiger partial charge in [-0.05, 0) is 31.4 Å². The molecule has 112 valence electrons. The van der Waals surface area contributed by atoms with Crippen molar-refractivity contribution in [2.45, 2.75) is 33.2 Å². The van der Waals surface area contributed by atoms with Gasteiger partial charge in [-0.2, -0.15) is 0 Å². The van der Waals surface area contributed by atoms with Crippen LogP contribution in [0.15, 0.2) is 23.2 Å². The molecular formula is C15H24IN3O. The van der Waals surface area contributed by atoms with Crippen molar-refractivity contribution in [1.29, 1.82) is 0 Å². The van der Waals surface area contributed by atoms with Crippen LogP contribution in [0.4, 0.5) is 0 Å². The highest BCUT2D eigenvalue weighted by Gasteiger charge is 2.07. The van der Waals surface area contributed by atoms with Gasteiger partial charge in [-0.15, -0.1) is 24.0 Å². The Morgan fingerprint density at radius 1 is 1.40 bits per heavy atom. The third-order valence-electron chi connectivity index (χ3n) is 3.03. The molecule has 4 nitrogen and oxygen atoms in total. The maximum Gasteiger partial charge on any atom is 0.191 e. The molecule has 1 aromatic carbocycles. The van der Waals surface area contributed by atoms with E-state index in [4.69, 9.17) is 4.74 Å². The SMILES string of the molecule is CCCOc1cc(C)ccc1CNC1=NCCCN1.I. The van der Waals surface area contributed by atoms with Crippen molar-refractivity contribution in [1.82, 2.24) is 10.6 Å². The largest absolute Gasteiger partial charge is 0.493 e. The third-order valence-corrected chi connectivity index (χ3v) is 3.03. The lowest BCUT2D eigenvalue weighted by atomic mass is 10.1. The number of ether oxygens (including phenoxy) is 1. The third kappa shape index (κ3) is 5.19. The molecule has 0 amide bonds. The summed E-state index contributed by atoms with van der Waals surface area (Å²) in [4.78, 5) is 4.41. The van der Waals surface area contributed by atoms with Crippen LogP contribution in [0.3, 0.4) is 0 Å². The van der Waals surface area contributed by atoms with Crippen LogP contribution in [0.5, 0.6) is 5.75 Å². The standard InChI is InChI=1S/C15H23N3O.HI/c1-3-9-19-14-10-12(2)5-6-13(14)11-18-15-16-7-4-8-17-15;/h5-6,10H,3-4,7-9,11H2,1-2H3,(H2,16,17,18);1H. The molecule has 0 fully saturated rings. The Hall–Kier alpha value is -0.980. The first-order chi connectivity index (χ1) is 9.29. The molecular weight excluding hydrogens is 365 g/mol. The predicted octanol–water partition coefficient (Wildman–Crippen LogP) is 2.84. The first kappa shape index (κ1) is 17.1. The number of nitrogens with zero attached hydrogens (tertiary/aromatic N) is 1. The Balaban J connectivity index is 0.00000200. The Bertz CT molecular complexity index is 449. The first-order valence-corrected chi connectivity index (χ1v) is 7.04. The second-order valence-electron chi connectivity index (χ2n) is 4.82. The molecule has 0 unspecified atom stereocenters. The summed E-state index contributed by atoms with van der Waals surface area (Å²) in [6.07, 6.45) is 2.13. The van der Waals surface area contributed by atoms with Crippen molar-refractivity contribution < 1.29 is 4.74 Å². The smallest absolute Gasteiger partial charge is 0.191 e. The van der Waals surface area contributed by atoms with Crippen molar-refractivity contribution >= 4 is 29.9 Å². The highest BCUT2D eigenvalue weighted by atomic mass is 127. The minimum atomic E-state index is 0. The Labute approximate surface area is 138 Å². The zero-order valence-electron chi connectivity index (χ0n) is 12.2. The lowest BCUT2D eigenvalue weighted by Gasteiger charge is -2.17. The van der Waals surface area contributed by atoms with Gasteiger partial charge in [0, 0.05) is 25.2 Å². The maximum atomic E-state index is 5.81. The van der Waals surface area contributed by atoms with Gasteiger partial charge in [0.1, 0.15) is 5.75 Å². The Morgan fingerprint density at radius 2 is 2.25 bits per heavy atom. The lowest BCUT2D eigenvalue weighted by Crippen LogP contribution is -2.40. The van der Waals surface area contributed by atoms with Gasteiger partial charge in [-0.3, -0.25) is 4.99 Å². The van der Waals surface area contributed by atoms with Gasteiger partial charge in [0.25, 0.3) is 0 Å². The average Bonchev–Trinajstić information content (AvgIpc) is 2.45. The molecule has 1 aliphatic heterocycles. The van der Waals surface area contributed by atoms with Crippen molar-refractivity contribution in [2.24, 2.45) is 4.99 Å². The number of aryl methyl sites for hydroxylation is 1. The van der Waals surface area contributed by atoms with Crippen LogP contribution >= 0.6 is 24.0 Å². The van der Waals surface area contributed by atoms with E-state index in [0.717, 1.165) is 50.8 Å². The molecule has 0 saturated heterocycles. The summed E-state index contributed by atoms with van der Waals surface area (Å²) in [6.45, 7) is 7.61. The number of halogens is 1. The number of rotatable bonds is 5. The summed E-state index contributed by atoms with van der Waals surface area (Å²) >= 11 is 0. The molecule has 0 bridgehead atoms. The number of hydrogen-bond donors (Lipinski definition) is 2. The van der Waals surface area contributed by atoms with Gasteiger partial charge in [0.15, 0.2) is 5.96 Å². The predicted molar refractivity (Wildman–Crippen MR) is 94.1 cm³/mol. The van der Waals surface area contributed by atoms with Gasteiger partial charge < -0.3 is 15.4 Å². The number of nitrogens with one attached hydrogen (secondary N) is 2. The van der Waals surface area contributed by atoms with Crippen LogP contribution in [0, 0.1) is 6.92 Å². The number of aliphatic imine (C=N–C) groups is 1. The van der Waals surface area contributed by atoms with E-state index in [1.54, 1.807) is 0 Å². The van der Waals surface area contributed by atoms with Crippen LogP contribution in [-0.4, -0.2) is 25.7 Å². The molecule has 0 spiro atoms. The molecule has 0 saturated carbocycles. The van der Waals surface area contributed by atoms with E-state index >= 15 is 0 Å². The summed E-state index contributed by atoms with van der Waals surface area (Å²) < 4.78 is 5.81. The van der Waals surface area contributed by atoms with Gasteiger partial charge in [-0.25, -0.2) is 0 Å². The molecule has 5 heteroatoms. The quantitative estimate of drug-likeness (QED) is 0.762. The Morgan fingerprint density at radius 3 is 2.95 bits per heavy atom. The number of guanidine groups is 1. The lowest BCUT2D eigenvalue weighted by molar-refractivity contribution is 0.313. The molecule has 1 aliphatic rings. The normalized spacial score (nSPS) is 13.8. The summed E-state index contributed by atoms with van der Waals surface area (Å²) in [5.41, 5.74) is 2.40. The molecule has 2 rings (SSSR count). The van der Waals surface area contributed by atoms with Crippen LogP contribution in [0.2, 0.25) is 0 Å². The fraction of sp³-hybridized carbons (Fsp3) is 0.533. The van der Waals surface area contributed by atoms with Gasteiger partial charge in [0.05, 0.1) is 6.61 Å². The minimum absolute atomic E-state index is 0. The van der Waals surface area contributed by atoms with Gasteiger partial charge >= 0.3 is 0 Å². The molecule has 20 heavy (non-hydrogen) atoms. The van der Waals surface area contributed by atoms with E-state index in [2.05, 4.69) is 47.7 Å². The van der Waals surface area contributed by atoms with Crippen molar-refractivity contribution in [3.63, 3.8) is 0 Å². The summed E-state index contributed by atoms with van der Waals surface area (Å²) in [5.74, 6) is 1.87. The van der Waals surface area contributed by atoms with E-state index < -0.39 is 0 Å². The van der Waals surface area contributed by atoms with E-state index in [-0.39, 0.29) is 24.0 Å². The van der Waals surface area contributed by atoms with Crippen LogP contribution in [0.1, 0.15) is 30.9 Å². The number of benzene rings is 1. The zero-order chi connectivity index (χ0) is 13.5. The molecule has 2 N–H and O–H groups in total. The second kappa shape index (κ2) is 9.05. The molecule has 0 aliphatic carbocycles. The topological polar surface area (TPSA) is 45.6 Å². The van der Waals surface area contributed by atoms with Crippen molar-refractivity contribution in [3.8, 4) is 5.75 Å². The summed E-state index contributed by atoms with van der Waals surface area (Å²) in [5, 5.41) is 6.59. The fourth-order valence-corrected chi connectivity index (χ4v) is 1.98. The molecule has 1 heterocycles. The van der Waals surface area contributed by atoms with Crippen LogP contribution in [-0.2, 0) is 6.54 Å². The maximum absolute atomic E-state index is 5.81. The van der Waals surface area contributed by atoms with Crippen LogP contribution < -0.4 is 15.4 Å². The average molecular weight is 389 g/mol. The molecule has 0 atom stereocenters. The molecule has 0 radical (unpaired) electrons. The zero-order valence-corrected chi connectivity index (χ0v) is 14.6. The molecule has 0 aromatic heterocycles. The second-order valence-corrected chi connectivity index (χ2v) is 4.82. The highest BCUT2D eigenvalue weighted by molar-refractivity contribution is 14.0. The Kier molecular flexibility index (Phi) is 7.72. The van der Waals surface area contributed by atoms with E-state index in [1.807, 2.05) is 0 Å². The van der Waals surface area contributed by atoms with E-state index in [9.17, 15) is 0 Å². The van der Waals surface area contributed by atoms with E-state index in [1.165, 1.54) is 11.1 Å². The fourth-order valence-electron chi connectivity index (χ4n) is 1.98. The van der Waals surface area contributed by atoms with Crippen molar-refractivity contribution in [2.75, 3.05) is 19.7 Å². The van der Waals surface area contributed by atoms with Gasteiger partial charge in [0.2, 0.25) is 0 Å². The van der Waals surface area contributed by atoms with Crippen molar-refractivity contribution in [3.05, 3.63) is 29.3 Å². The van der Waals surface area contributed by atoms with E-state index in [0.29, 0.717) is 0 Å². The monoisotopic (exact) mass is 389 g/mol. The summed E-state index contributed by atoms with van der Waals surface area (Å²) in [7, 11) is 0. The minimum Gasteiger partial charge on any atom is -0.493 e. The number of hydrogen-bond acceptors (Lipinski definition) is 4. The summed E-state index contributed by atoms with van der Waals surface area (Å²) in [6, 6.07) is 6.34. The van der Waals surface area contributed by atoms with Gasteiger partial charge in [-0.1, -0.05) is 19.1 Å². The highest BCUT2D eigenvalue weighted by Crippen LogP contribution is 2.20. The molecule has 1 aromatic rings. The first-order valence-electron chi connectivity index (χ1n) is 7.04.